The van der Waals surface area contributed by atoms with Gasteiger partial charge in [-0.25, -0.2) is 0 Å². The van der Waals surface area contributed by atoms with Gasteiger partial charge in [0.05, 0.1) is 6.61 Å². The predicted octanol–water partition coefficient (Wildman–Crippen LogP) is 2.25. The van der Waals surface area contributed by atoms with Gasteiger partial charge in [-0.15, -0.1) is 0 Å². The number of fused-ring (bicyclic) bond motifs is 1. The van der Waals surface area contributed by atoms with Crippen molar-refractivity contribution in [1.82, 2.24) is 10.3 Å². The molecular weight excluding hydrogens is 256 g/mol. The fourth-order valence-corrected chi connectivity index (χ4v) is 1.70. The van der Waals surface area contributed by atoms with E-state index in [4.69, 9.17) is 20.8 Å². The molecule has 0 spiro atoms. The van der Waals surface area contributed by atoms with Gasteiger partial charge in [0.25, 0.3) is 11.3 Å². The highest BCUT2D eigenvalue weighted by molar-refractivity contribution is 6.28. The van der Waals surface area contributed by atoms with Crippen molar-refractivity contribution >= 4 is 28.6 Å². The summed E-state index contributed by atoms with van der Waals surface area (Å²) in [5.74, 6) is -0.177. The van der Waals surface area contributed by atoms with Crippen molar-refractivity contribution in [2.75, 3.05) is 19.8 Å². The summed E-state index contributed by atoms with van der Waals surface area (Å²) in [5.41, 5.74) is 1.63. The van der Waals surface area contributed by atoms with Crippen LogP contribution < -0.4 is 5.32 Å². The summed E-state index contributed by atoms with van der Waals surface area (Å²) in [7, 11) is 0. The van der Waals surface area contributed by atoms with Crippen molar-refractivity contribution in [3.8, 4) is 0 Å². The Balaban J connectivity index is 2.03. The number of nitrogens with zero attached hydrogens (tertiary/aromatic N) is 1. The summed E-state index contributed by atoms with van der Waals surface area (Å²) in [5, 5.41) is 2.81. The number of amides is 1. The molecule has 5 nitrogen and oxygen atoms in total. The van der Waals surface area contributed by atoms with Gasteiger partial charge in [-0.2, -0.15) is 4.98 Å². The lowest BCUT2D eigenvalue weighted by molar-refractivity contribution is 0.0922. The van der Waals surface area contributed by atoms with Crippen LogP contribution in [0.4, 0.5) is 0 Å². The molecule has 0 saturated carbocycles. The second-order valence-electron chi connectivity index (χ2n) is 3.60. The van der Waals surface area contributed by atoms with E-state index in [9.17, 15) is 4.79 Å². The molecule has 1 heterocycles. The number of ether oxygens (including phenoxy) is 1. The Bertz CT molecular complexity index is 553. The van der Waals surface area contributed by atoms with E-state index < -0.39 is 0 Å². The Morgan fingerprint density at radius 3 is 3.17 bits per heavy atom. The molecule has 2 rings (SSSR count). The number of carbonyl (C=O) groups excluding carboxylic acids is 1. The third kappa shape index (κ3) is 3.00. The van der Waals surface area contributed by atoms with Gasteiger partial charge in [0, 0.05) is 18.7 Å². The Kier molecular flexibility index (Phi) is 4.17. The van der Waals surface area contributed by atoms with Gasteiger partial charge in [0.15, 0.2) is 5.58 Å². The minimum absolute atomic E-state index is 0.0684. The number of carbonyl (C=O) groups is 1. The summed E-state index contributed by atoms with van der Waals surface area (Å²) in [6.45, 7) is 3.52. The SMILES string of the molecule is CCOCCNC(=O)c1ccc2nc(Cl)oc2c1. The van der Waals surface area contributed by atoms with Crippen molar-refractivity contribution in [1.29, 1.82) is 0 Å². The van der Waals surface area contributed by atoms with Crippen LogP contribution in [0.5, 0.6) is 0 Å². The van der Waals surface area contributed by atoms with Crippen LogP contribution in [0, 0.1) is 0 Å². The molecule has 96 valence electrons. The zero-order chi connectivity index (χ0) is 13.0. The third-order valence-corrected chi connectivity index (χ3v) is 2.52. The molecule has 1 aromatic heterocycles. The molecule has 0 fully saturated rings. The van der Waals surface area contributed by atoms with E-state index in [0.717, 1.165) is 0 Å². The first-order valence-electron chi connectivity index (χ1n) is 5.62. The quantitative estimate of drug-likeness (QED) is 0.845. The maximum atomic E-state index is 11.8. The van der Waals surface area contributed by atoms with Gasteiger partial charge < -0.3 is 14.5 Å². The van der Waals surface area contributed by atoms with E-state index in [2.05, 4.69) is 10.3 Å². The second-order valence-corrected chi connectivity index (χ2v) is 3.93. The molecule has 0 aliphatic carbocycles. The summed E-state index contributed by atoms with van der Waals surface area (Å²) < 4.78 is 10.3. The highest BCUT2D eigenvalue weighted by atomic mass is 35.5. The van der Waals surface area contributed by atoms with Crippen molar-refractivity contribution in [2.45, 2.75) is 6.92 Å². The average molecular weight is 269 g/mol. The summed E-state index contributed by atoms with van der Waals surface area (Å²) >= 11 is 5.64. The normalized spacial score (nSPS) is 10.8. The standard InChI is InChI=1S/C12H13ClN2O3/c1-2-17-6-5-14-11(16)8-3-4-9-10(7-8)18-12(13)15-9/h3-4,7H,2,5-6H2,1H3,(H,14,16). The lowest BCUT2D eigenvalue weighted by Gasteiger charge is -2.04. The second kappa shape index (κ2) is 5.84. The van der Waals surface area contributed by atoms with Gasteiger partial charge in [-0.1, -0.05) is 0 Å². The topological polar surface area (TPSA) is 64.4 Å². The van der Waals surface area contributed by atoms with E-state index in [1.165, 1.54) is 0 Å². The van der Waals surface area contributed by atoms with Crippen LogP contribution in [0.1, 0.15) is 17.3 Å². The highest BCUT2D eigenvalue weighted by Crippen LogP contribution is 2.19. The van der Waals surface area contributed by atoms with Gasteiger partial charge >= 0.3 is 0 Å². The fraction of sp³-hybridized carbons (Fsp3) is 0.333. The maximum absolute atomic E-state index is 11.8. The van der Waals surface area contributed by atoms with E-state index in [0.29, 0.717) is 36.4 Å². The summed E-state index contributed by atoms with van der Waals surface area (Å²) in [4.78, 5) is 15.7. The molecule has 1 aromatic carbocycles. The fourth-order valence-electron chi connectivity index (χ4n) is 1.52. The van der Waals surface area contributed by atoms with Crippen LogP contribution in [0.25, 0.3) is 11.1 Å². The molecular formula is C12H13ClN2O3. The molecule has 0 aliphatic rings. The zero-order valence-corrected chi connectivity index (χ0v) is 10.7. The molecule has 18 heavy (non-hydrogen) atoms. The van der Waals surface area contributed by atoms with Crippen molar-refractivity contribution in [3.05, 3.63) is 29.1 Å². The number of aromatic nitrogens is 1. The Morgan fingerprint density at radius 1 is 1.56 bits per heavy atom. The molecule has 0 atom stereocenters. The summed E-state index contributed by atoms with van der Waals surface area (Å²) in [6.07, 6.45) is 0. The molecule has 0 bridgehead atoms. The first-order chi connectivity index (χ1) is 8.70. The molecule has 1 amide bonds. The van der Waals surface area contributed by atoms with E-state index in [-0.39, 0.29) is 11.3 Å². The van der Waals surface area contributed by atoms with Crippen LogP contribution in [0.15, 0.2) is 22.6 Å². The Hall–Kier alpha value is -1.59. The van der Waals surface area contributed by atoms with Crippen molar-refractivity contribution in [3.63, 3.8) is 0 Å². The molecule has 0 unspecified atom stereocenters. The smallest absolute Gasteiger partial charge is 0.293 e. The number of nitrogens with one attached hydrogen (secondary N) is 1. The van der Waals surface area contributed by atoms with Gasteiger partial charge in [-0.3, -0.25) is 4.79 Å². The van der Waals surface area contributed by atoms with Crippen LogP contribution in [-0.2, 0) is 4.74 Å². The number of halogens is 1. The van der Waals surface area contributed by atoms with Crippen molar-refractivity contribution in [2.24, 2.45) is 0 Å². The minimum Gasteiger partial charge on any atom is -0.428 e. The monoisotopic (exact) mass is 268 g/mol. The lowest BCUT2D eigenvalue weighted by Crippen LogP contribution is -2.27. The lowest BCUT2D eigenvalue weighted by atomic mass is 10.2. The van der Waals surface area contributed by atoms with Crippen molar-refractivity contribution < 1.29 is 13.9 Å². The first kappa shape index (κ1) is 12.9. The Morgan fingerprint density at radius 2 is 2.39 bits per heavy atom. The summed E-state index contributed by atoms with van der Waals surface area (Å²) in [6, 6.07) is 4.99. The van der Waals surface area contributed by atoms with Gasteiger partial charge in [-0.05, 0) is 36.7 Å². The van der Waals surface area contributed by atoms with Crippen LogP contribution in [0.3, 0.4) is 0 Å². The number of rotatable bonds is 5. The van der Waals surface area contributed by atoms with Crippen LogP contribution in [-0.4, -0.2) is 30.6 Å². The van der Waals surface area contributed by atoms with Gasteiger partial charge in [0.2, 0.25) is 0 Å². The van der Waals surface area contributed by atoms with Crippen LogP contribution >= 0.6 is 11.6 Å². The van der Waals surface area contributed by atoms with E-state index >= 15 is 0 Å². The molecule has 0 saturated heterocycles. The molecule has 0 radical (unpaired) electrons. The third-order valence-electron chi connectivity index (χ3n) is 2.36. The van der Waals surface area contributed by atoms with E-state index in [1.807, 2.05) is 6.92 Å². The minimum atomic E-state index is -0.177. The molecule has 0 aliphatic heterocycles. The number of oxazole rings is 1. The highest BCUT2D eigenvalue weighted by Gasteiger charge is 2.09. The average Bonchev–Trinajstić information content (AvgIpc) is 2.73. The largest absolute Gasteiger partial charge is 0.428 e. The Labute approximate surface area is 109 Å². The molecule has 2 aromatic rings. The van der Waals surface area contributed by atoms with Gasteiger partial charge in [0.1, 0.15) is 5.52 Å². The number of benzene rings is 1. The maximum Gasteiger partial charge on any atom is 0.293 e. The predicted molar refractivity (Wildman–Crippen MR) is 67.8 cm³/mol. The zero-order valence-electron chi connectivity index (χ0n) is 9.90. The molecule has 6 heteroatoms. The van der Waals surface area contributed by atoms with Crippen LogP contribution in [0.2, 0.25) is 5.35 Å². The first-order valence-corrected chi connectivity index (χ1v) is 6.00. The molecule has 1 N–H and O–H groups in total. The van der Waals surface area contributed by atoms with E-state index in [1.54, 1.807) is 18.2 Å². The number of hydrogen-bond acceptors (Lipinski definition) is 4. The number of hydrogen-bond donors (Lipinski definition) is 1.